The molecule has 0 spiro atoms. The summed E-state index contributed by atoms with van der Waals surface area (Å²) in [7, 11) is 1.87. The average molecular weight is 274 g/mol. The largest absolute Gasteiger partial charge is 0.388 e. The number of thiophene rings is 1. The normalized spacial score (nSPS) is 11.9. The summed E-state index contributed by atoms with van der Waals surface area (Å²) in [4.78, 5) is 13.4. The summed E-state index contributed by atoms with van der Waals surface area (Å²) in [6, 6.07) is 9.82. The van der Waals surface area contributed by atoms with Gasteiger partial charge in [-0.15, -0.1) is 11.3 Å². The Morgan fingerprint density at radius 1 is 1.32 bits per heavy atom. The number of carbonyl (C=O) groups excluding carboxylic acids is 1. The lowest BCUT2D eigenvalue weighted by atomic mass is 10.1. The molecule has 0 saturated carbocycles. The van der Waals surface area contributed by atoms with Crippen molar-refractivity contribution in [3.63, 3.8) is 0 Å². The van der Waals surface area contributed by atoms with E-state index in [1.165, 1.54) is 0 Å². The van der Waals surface area contributed by atoms with Crippen molar-refractivity contribution >= 4 is 22.9 Å². The molecule has 0 fully saturated rings. The summed E-state index contributed by atoms with van der Waals surface area (Å²) in [5, 5.41) is 8.11. The number of carbonyl (C=O) groups is 1. The third kappa shape index (κ3) is 3.15. The molecule has 0 aliphatic rings. The molecule has 2 aromatic rings. The first kappa shape index (κ1) is 13.6. The Bertz CT molecular complexity index is 564. The van der Waals surface area contributed by atoms with Crippen molar-refractivity contribution in [2.45, 2.75) is 19.9 Å². The van der Waals surface area contributed by atoms with Crippen LogP contribution in [0.4, 0.5) is 5.69 Å². The summed E-state index contributed by atoms with van der Waals surface area (Å²) in [5.74, 6) is -0.0268. The zero-order valence-electron chi connectivity index (χ0n) is 11.4. The summed E-state index contributed by atoms with van der Waals surface area (Å²) in [6.45, 7) is 3.95. The van der Waals surface area contributed by atoms with Crippen LogP contribution in [0.1, 0.15) is 33.8 Å². The Balaban J connectivity index is 2.12. The van der Waals surface area contributed by atoms with Crippen molar-refractivity contribution in [1.29, 1.82) is 0 Å². The molecular formula is C15H18N2OS. The Kier molecular flexibility index (Phi) is 4.22. The molecule has 0 saturated heterocycles. The van der Waals surface area contributed by atoms with Crippen LogP contribution in [-0.2, 0) is 0 Å². The topological polar surface area (TPSA) is 41.1 Å². The van der Waals surface area contributed by atoms with Gasteiger partial charge in [-0.2, -0.15) is 0 Å². The van der Waals surface area contributed by atoms with E-state index >= 15 is 0 Å². The first-order chi connectivity index (χ1) is 9.11. The highest BCUT2D eigenvalue weighted by molar-refractivity contribution is 7.10. The SMILES string of the molecule is CNc1ccc(C(=O)NC(C)c2cccs2)c(C)c1. The highest BCUT2D eigenvalue weighted by Gasteiger charge is 2.14. The maximum Gasteiger partial charge on any atom is 0.252 e. The van der Waals surface area contributed by atoms with Crippen molar-refractivity contribution in [2.24, 2.45) is 0 Å². The first-order valence-corrected chi connectivity index (χ1v) is 7.12. The van der Waals surface area contributed by atoms with Crippen LogP contribution in [0.25, 0.3) is 0 Å². The van der Waals surface area contributed by atoms with Gasteiger partial charge in [-0.25, -0.2) is 0 Å². The van der Waals surface area contributed by atoms with Gasteiger partial charge in [0.15, 0.2) is 0 Å². The number of nitrogens with one attached hydrogen (secondary N) is 2. The van der Waals surface area contributed by atoms with Gasteiger partial charge in [0.05, 0.1) is 6.04 Å². The van der Waals surface area contributed by atoms with E-state index < -0.39 is 0 Å². The third-order valence-corrected chi connectivity index (χ3v) is 4.13. The van der Waals surface area contributed by atoms with Crippen LogP contribution in [0.3, 0.4) is 0 Å². The second-order valence-electron chi connectivity index (χ2n) is 4.49. The van der Waals surface area contributed by atoms with Gasteiger partial charge in [0.25, 0.3) is 5.91 Å². The van der Waals surface area contributed by atoms with Crippen LogP contribution in [0.15, 0.2) is 35.7 Å². The zero-order chi connectivity index (χ0) is 13.8. The molecule has 0 bridgehead atoms. The second kappa shape index (κ2) is 5.89. The second-order valence-corrected chi connectivity index (χ2v) is 5.47. The van der Waals surface area contributed by atoms with E-state index in [1.54, 1.807) is 11.3 Å². The molecule has 0 aliphatic heterocycles. The summed E-state index contributed by atoms with van der Waals surface area (Å²) >= 11 is 1.65. The fourth-order valence-corrected chi connectivity index (χ4v) is 2.69. The van der Waals surface area contributed by atoms with E-state index in [-0.39, 0.29) is 11.9 Å². The van der Waals surface area contributed by atoms with E-state index in [2.05, 4.69) is 10.6 Å². The number of amides is 1. The van der Waals surface area contributed by atoms with Gasteiger partial charge >= 0.3 is 0 Å². The zero-order valence-corrected chi connectivity index (χ0v) is 12.2. The lowest BCUT2D eigenvalue weighted by molar-refractivity contribution is 0.0940. The molecule has 0 aliphatic carbocycles. The van der Waals surface area contributed by atoms with Crippen molar-refractivity contribution < 1.29 is 4.79 Å². The number of hydrogen-bond donors (Lipinski definition) is 2. The molecule has 2 N–H and O–H groups in total. The van der Waals surface area contributed by atoms with Crippen LogP contribution >= 0.6 is 11.3 Å². The fraction of sp³-hybridized carbons (Fsp3) is 0.267. The minimum Gasteiger partial charge on any atom is -0.388 e. The predicted octanol–water partition coefficient (Wildman–Crippen LogP) is 3.59. The Labute approximate surface area is 117 Å². The van der Waals surface area contributed by atoms with E-state index in [4.69, 9.17) is 0 Å². The quantitative estimate of drug-likeness (QED) is 0.894. The van der Waals surface area contributed by atoms with E-state index in [1.807, 2.05) is 56.6 Å². The summed E-state index contributed by atoms with van der Waals surface area (Å²) < 4.78 is 0. The van der Waals surface area contributed by atoms with Crippen molar-refractivity contribution in [3.8, 4) is 0 Å². The Hall–Kier alpha value is -1.81. The molecule has 1 heterocycles. The third-order valence-electron chi connectivity index (χ3n) is 3.08. The molecule has 0 radical (unpaired) electrons. The minimum atomic E-state index is -0.0268. The monoisotopic (exact) mass is 274 g/mol. The van der Waals surface area contributed by atoms with Gasteiger partial charge < -0.3 is 10.6 Å². The van der Waals surface area contributed by atoms with Crippen LogP contribution in [0, 0.1) is 6.92 Å². The molecule has 1 aromatic heterocycles. The molecule has 2 rings (SSSR count). The van der Waals surface area contributed by atoms with Crippen molar-refractivity contribution in [2.75, 3.05) is 12.4 Å². The molecule has 100 valence electrons. The molecule has 19 heavy (non-hydrogen) atoms. The lowest BCUT2D eigenvalue weighted by Crippen LogP contribution is -2.26. The molecule has 1 amide bonds. The van der Waals surface area contributed by atoms with Gasteiger partial charge in [0, 0.05) is 23.2 Å². The van der Waals surface area contributed by atoms with Crippen LogP contribution in [0.2, 0.25) is 0 Å². The van der Waals surface area contributed by atoms with Crippen LogP contribution < -0.4 is 10.6 Å². The van der Waals surface area contributed by atoms with Gasteiger partial charge in [-0.05, 0) is 49.1 Å². The molecule has 4 heteroatoms. The molecule has 1 unspecified atom stereocenters. The van der Waals surface area contributed by atoms with Gasteiger partial charge in [-0.3, -0.25) is 4.79 Å². The molecule has 1 atom stereocenters. The van der Waals surface area contributed by atoms with Crippen LogP contribution in [0.5, 0.6) is 0 Å². The predicted molar refractivity (Wildman–Crippen MR) is 80.9 cm³/mol. The minimum absolute atomic E-state index is 0.0268. The number of aryl methyl sites for hydroxylation is 1. The van der Waals surface area contributed by atoms with E-state index in [0.29, 0.717) is 0 Å². The number of rotatable bonds is 4. The highest BCUT2D eigenvalue weighted by atomic mass is 32.1. The van der Waals surface area contributed by atoms with Gasteiger partial charge in [0.1, 0.15) is 0 Å². The smallest absolute Gasteiger partial charge is 0.252 e. The van der Waals surface area contributed by atoms with E-state index in [0.717, 1.165) is 21.7 Å². The maximum absolute atomic E-state index is 12.2. The lowest BCUT2D eigenvalue weighted by Gasteiger charge is -2.14. The van der Waals surface area contributed by atoms with Crippen molar-refractivity contribution in [3.05, 3.63) is 51.7 Å². The first-order valence-electron chi connectivity index (χ1n) is 6.24. The molecule has 1 aromatic carbocycles. The maximum atomic E-state index is 12.2. The Morgan fingerprint density at radius 2 is 2.11 bits per heavy atom. The fourth-order valence-electron chi connectivity index (χ4n) is 1.96. The highest BCUT2D eigenvalue weighted by Crippen LogP contribution is 2.20. The molecular weight excluding hydrogens is 256 g/mol. The molecule has 3 nitrogen and oxygen atoms in total. The van der Waals surface area contributed by atoms with Crippen LogP contribution in [-0.4, -0.2) is 13.0 Å². The van der Waals surface area contributed by atoms with Gasteiger partial charge in [0.2, 0.25) is 0 Å². The van der Waals surface area contributed by atoms with Gasteiger partial charge in [-0.1, -0.05) is 6.07 Å². The Morgan fingerprint density at radius 3 is 2.68 bits per heavy atom. The number of hydrogen-bond acceptors (Lipinski definition) is 3. The standard InChI is InChI=1S/C15H18N2OS/c1-10-9-12(16-3)6-7-13(10)15(18)17-11(2)14-5-4-8-19-14/h4-9,11,16H,1-3H3,(H,17,18). The number of benzene rings is 1. The number of anilines is 1. The summed E-state index contributed by atoms with van der Waals surface area (Å²) in [6.07, 6.45) is 0. The summed E-state index contributed by atoms with van der Waals surface area (Å²) in [5.41, 5.74) is 2.71. The van der Waals surface area contributed by atoms with E-state index in [9.17, 15) is 4.79 Å². The van der Waals surface area contributed by atoms with Crippen molar-refractivity contribution in [1.82, 2.24) is 5.32 Å². The average Bonchev–Trinajstić information content (AvgIpc) is 2.92.